The quantitative estimate of drug-likeness (QED) is 0.718. The predicted molar refractivity (Wildman–Crippen MR) is 48.3 cm³/mol. The average molecular weight is 250 g/mol. The van der Waals surface area contributed by atoms with Crippen LogP contribution in [0.2, 0.25) is 5.02 Å². The molecule has 0 fully saturated rings. The molecule has 1 aromatic heterocycles. The molecule has 1 heterocycles. The third-order valence-corrected chi connectivity index (χ3v) is 2.38. The van der Waals surface area contributed by atoms with Crippen molar-refractivity contribution in [3.05, 3.63) is 27.5 Å². The van der Waals surface area contributed by atoms with Crippen molar-refractivity contribution < 1.29 is 9.53 Å². The Morgan fingerprint density at radius 2 is 2.42 bits per heavy atom. The van der Waals surface area contributed by atoms with Crippen molar-refractivity contribution in [2.24, 2.45) is 0 Å². The van der Waals surface area contributed by atoms with E-state index in [4.69, 9.17) is 11.6 Å². The van der Waals surface area contributed by atoms with Crippen LogP contribution in [0.15, 0.2) is 16.7 Å². The van der Waals surface area contributed by atoms with Gasteiger partial charge in [-0.05, 0) is 22.0 Å². The Morgan fingerprint density at radius 1 is 1.75 bits per heavy atom. The maximum Gasteiger partial charge on any atom is 0.356 e. The summed E-state index contributed by atoms with van der Waals surface area (Å²) in [6.07, 6.45) is 1.45. The maximum atomic E-state index is 10.9. The molecule has 1 aromatic rings. The van der Waals surface area contributed by atoms with Crippen molar-refractivity contribution in [2.45, 2.75) is 0 Å². The van der Waals surface area contributed by atoms with Gasteiger partial charge >= 0.3 is 5.97 Å². The van der Waals surface area contributed by atoms with Gasteiger partial charge in [0, 0.05) is 6.20 Å². The summed E-state index contributed by atoms with van der Waals surface area (Å²) in [6.45, 7) is 0. The smallest absolute Gasteiger partial charge is 0.356 e. The molecule has 0 aliphatic carbocycles. The molecule has 0 bridgehead atoms. The molecule has 0 amide bonds. The van der Waals surface area contributed by atoms with Crippen LogP contribution in [0, 0.1) is 0 Å². The Hall–Kier alpha value is -0.610. The van der Waals surface area contributed by atoms with Crippen LogP contribution < -0.4 is 0 Å². The van der Waals surface area contributed by atoms with Gasteiger partial charge in [-0.15, -0.1) is 0 Å². The summed E-state index contributed by atoms with van der Waals surface area (Å²) < 4.78 is 5.11. The molecular formula is C7H5BrClNO2. The van der Waals surface area contributed by atoms with E-state index in [9.17, 15) is 4.79 Å². The Morgan fingerprint density at radius 3 is 2.92 bits per heavy atom. The molecule has 0 aliphatic rings. The summed E-state index contributed by atoms with van der Waals surface area (Å²) in [5, 5.41) is 0.436. The second kappa shape index (κ2) is 3.87. The van der Waals surface area contributed by atoms with E-state index < -0.39 is 5.97 Å². The highest BCUT2D eigenvalue weighted by atomic mass is 79.9. The van der Waals surface area contributed by atoms with Crippen LogP contribution in [0.4, 0.5) is 0 Å². The van der Waals surface area contributed by atoms with E-state index in [0.717, 1.165) is 0 Å². The summed E-state index contributed by atoms with van der Waals surface area (Å²) in [6, 6.07) is 1.44. The number of hydrogen-bond donors (Lipinski definition) is 0. The lowest BCUT2D eigenvalue weighted by molar-refractivity contribution is 0.0594. The number of ether oxygens (including phenoxy) is 1. The fourth-order valence-electron chi connectivity index (χ4n) is 0.630. The van der Waals surface area contributed by atoms with Gasteiger partial charge in [-0.25, -0.2) is 9.78 Å². The molecule has 0 unspecified atom stereocenters. The van der Waals surface area contributed by atoms with Crippen LogP contribution in [0.5, 0.6) is 0 Å². The predicted octanol–water partition coefficient (Wildman–Crippen LogP) is 2.28. The van der Waals surface area contributed by atoms with Crippen LogP contribution in [-0.2, 0) is 4.74 Å². The molecule has 1 rings (SSSR count). The Labute approximate surface area is 82.8 Å². The first-order valence-corrected chi connectivity index (χ1v) is 4.21. The zero-order valence-electron chi connectivity index (χ0n) is 6.17. The number of hydrogen-bond acceptors (Lipinski definition) is 3. The minimum atomic E-state index is -0.496. The van der Waals surface area contributed by atoms with E-state index in [1.165, 1.54) is 19.4 Å². The fourth-order valence-corrected chi connectivity index (χ4v) is 0.999. The topological polar surface area (TPSA) is 39.2 Å². The molecule has 5 heteroatoms. The molecule has 0 saturated carbocycles. The zero-order chi connectivity index (χ0) is 9.14. The van der Waals surface area contributed by atoms with Crippen LogP contribution in [0.3, 0.4) is 0 Å². The standard InChI is InChI=1S/C7H5BrClNO2/c1-12-7(11)6-2-5(9)4(8)3-10-6/h2-3H,1H3. The van der Waals surface area contributed by atoms with E-state index in [0.29, 0.717) is 9.50 Å². The molecule has 0 N–H and O–H groups in total. The number of rotatable bonds is 1. The highest BCUT2D eigenvalue weighted by Gasteiger charge is 2.08. The largest absolute Gasteiger partial charge is 0.464 e. The van der Waals surface area contributed by atoms with Crippen molar-refractivity contribution in [1.82, 2.24) is 4.98 Å². The fraction of sp³-hybridized carbons (Fsp3) is 0.143. The van der Waals surface area contributed by atoms with Gasteiger partial charge in [0.15, 0.2) is 0 Å². The minimum absolute atomic E-state index is 0.200. The van der Waals surface area contributed by atoms with Crippen molar-refractivity contribution in [1.29, 1.82) is 0 Å². The second-order valence-corrected chi connectivity index (χ2v) is 3.24. The van der Waals surface area contributed by atoms with Crippen LogP contribution in [0.1, 0.15) is 10.5 Å². The number of methoxy groups -OCH3 is 1. The van der Waals surface area contributed by atoms with Crippen molar-refractivity contribution >= 4 is 33.5 Å². The first-order valence-electron chi connectivity index (χ1n) is 3.04. The Kier molecular flexibility index (Phi) is 3.05. The second-order valence-electron chi connectivity index (χ2n) is 1.98. The zero-order valence-corrected chi connectivity index (χ0v) is 8.52. The third kappa shape index (κ3) is 1.95. The van der Waals surface area contributed by atoms with E-state index in [1.807, 2.05) is 0 Å². The van der Waals surface area contributed by atoms with Gasteiger partial charge in [-0.1, -0.05) is 11.6 Å². The maximum absolute atomic E-state index is 10.9. The molecule has 0 atom stereocenters. The first-order chi connectivity index (χ1) is 5.65. The average Bonchev–Trinajstić information content (AvgIpc) is 2.08. The van der Waals surface area contributed by atoms with Gasteiger partial charge in [0.2, 0.25) is 0 Å². The summed E-state index contributed by atoms with van der Waals surface area (Å²) in [5.41, 5.74) is 0.200. The third-order valence-electron chi connectivity index (χ3n) is 1.20. The molecule has 64 valence electrons. The highest BCUT2D eigenvalue weighted by molar-refractivity contribution is 9.10. The lowest BCUT2D eigenvalue weighted by Gasteiger charge is -1.99. The lowest BCUT2D eigenvalue weighted by Crippen LogP contribution is -2.03. The van der Waals surface area contributed by atoms with E-state index >= 15 is 0 Å². The number of nitrogens with zero attached hydrogens (tertiary/aromatic N) is 1. The number of halogens is 2. The molecule has 0 radical (unpaired) electrons. The molecule has 12 heavy (non-hydrogen) atoms. The molecule has 0 saturated heterocycles. The van der Waals surface area contributed by atoms with Gasteiger partial charge in [0.1, 0.15) is 5.69 Å². The number of carbonyl (C=O) groups is 1. The van der Waals surface area contributed by atoms with Crippen LogP contribution >= 0.6 is 27.5 Å². The van der Waals surface area contributed by atoms with Crippen molar-refractivity contribution in [2.75, 3.05) is 7.11 Å². The molecule has 0 aromatic carbocycles. The summed E-state index contributed by atoms with van der Waals surface area (Å²) >= 11 is 8.87. The van der Waals surface area contributed by atoms with Crippen LogP contribution in [0.25, 0.3) is 0 Å². The lowest BCUT2D eigenvalue weighted by atomic mass is 10.3. The molecular weight excluding hydrogens is 245 g/mol. The monoisotopic (exact) mass is 249 g/mol. The van der Waals surface area contributed by atoms with Gasteiger partial charge in [-0.3, -0.25) is 0 Å². The molecule has 3 nitrogen and oxygen atoms in total. The number of carbonyl (C=O) groups excluding carboxylic acids is 1. The van der Waals surface area contributed by atoms with Gasteiger partial charge in [0.25, 0.3) is 0 Å². The van der Waals surface area contributed by atoms with Gasteiger partial charge in [-0.2, -0.15) is 0 Å². The Bertz CT molecular complexity index is 316. The molecule has 0 aliphatic heterocycles. The van der Waals surface area contributed by atoms with Crippen LogP contribution in [-0.4, -0.2) is 18.1 Å². The van der Waals surface area contributed by atoms with E-state index in [2.05, 4.69) is 25.7 Å². The van der Waals surface area contributed by atoms with E-state index in [1.54, 1.807) is 0 Å². The van der Waals surface area contributed by atoms with E-state index in [-0.39, 0.29) is 5.69 Å². The Balaban J connectivity index is 3.05. The summed E-state index contributed by atoms with van der Waals surface area (Å²) in [5.74, 6) is -0.496. The van der Waals surface area contributed by atoms with Gasteiger partial charge < -0.3 is 4.74 Å². The first kappa shape index (κ1) is 9.48. The van der Waals surface area contributed by atoms with Gasteiger partial charge in [0.05, 0.1) is 16.6 Å². The minimum Gasteiger partial charge on any atom is -0.464 e. The highest BCUT2D eigenvalue weighted by Crippen LogP contribution is 2.21. The van der Waals surface area contributed by atoms with Crippen molar-refractivity contribution in [3.8, 4) is 0 Å². The number of esters is 1. The SMILES string of the molecule is COC(=O)c1cc(Cl)c(Br)cn1. The normalized spacial score (nSPS) is 9.58. The summed E-state index contributed by atoms with van der Waals surface area (Å²) in [7, 11) is 1.29. The number of aromatic nitrogens is 1. The summed E-state index contributed by atoms with van der Waals surface area (Å²) in [4.78, 5) is 14.7. The molecule has 0 spiro atoms. The van der Waals surface area contributed by atoms with Crippen molar-refractivity contribution in [3.63, 3.8) is 0 Å². The number of pyridine rings is 1.